The summed E-state index contributed by atoms with van der Waals surface area (Å²) in [5.74, 6) is 1.49. The number of amides is 1. The lowest BCUT2D eigenvalue weighted by molar-refractivity contribution is 0.0735. The van der Waals surface area contributed by atoms with Gasteiger partial charge in [0.15, 0.2) is 0 Å². The van der Waals surface area contributed by atoms with E-state index in [0.29, 0.717) is 41.9 Å². The van der Waals surface area contributed by atoms with E-state index < -0.39 is 0 Å². The van der Waals surface area contributed by atoms with Crippen LogP contribution >= 0.6 is 11.3 Å². The molecule has 1 aliphatic rings. The number of carbonyl (C=O) groups excluding carboxylic acids is 1. The number of anilines is 1. The number of hydrogen-bond acceptors (Lipinski definition) is 8. The van der Waals surface area contributed by atoms with Crippen LogP contribution in [0.3, 0.4) is 0 Å². The summed E-state index contributed by atoms with van der Waals surface area (Å²) in [5.41, 5.74) is 3.24. The molecular weight excluding hydrogens is 472 g/mol. The van der Waals surface area contributed by atoms with Gasteiger partial charge in [-0.1, -0.05) is 37.3 Å². The summed E-state index contributed by atoms with van der Waals surface area (Å²) < 4.78 is 6.04. The van der Waals surface area contributed by atoms with Gasteiger partial charge in [-0.15, -0.1) is 21.5 Å². The molecule has 0 saturated carbocycles. The summed E-state index contributed by atoms with van der Waals surface area (Å²) in [6.45, 7) is 7.43. The third kappa shape index (κ3) is 5.16. The Morgan fingerprint density at radius 3 is 2.81 bits per heavy atom. The highest BCUT2D eigenvalue weighted by Gasteiger charge is 2.33. The topological polar surface area (TPSA) is 97.0 Å². The normalized spacial score (nSPS) is 16.3. The fraction of sp³-hybridized carbons (Fsp3) is 0.370. The number of likely N-dealkylation sites (tertiary alicyclic amines) is 1. The molecule has 1 amide bonds. The number of nitrogens with one attached hydrogen (secondary N) is 1. The molecule has 0 radical (unpaired) electrons. The van der Waals surface area contributed by atoms with E-state index >= 15 is 0 Å². The number of rotatable bonds is 8. The van der Waals surface area contributed by atoms with Crippen molar-refractivity contribution in [3.8, 4) is 11.6 Å². The molecule has 3 aromatic heterocycles. The molecular formula is C27H30N6O2S. The van der Waals surface area contributed by atoms with Crippen LogP contribution < -0.4 is 5.32 Å². The molecule has 4 aromatic rings. The molecule has 8 nitrogen and oxygen atoms in total. The van der Waals surface area contributed by atoms with E-state index in [1.54, 1.807) is 23.5 Å². The van der Waals surface area contributed by atoms with Gasteiger partial charge in [0.25, 0.3) is 11.8 Å². The van der Waals surface area contributed by atoms with Crippen molar-refractivity contribution in [1.29, 1.82) is 0 Å². The van der Waals surface area contributed by atoms with Crippen molar-refractivity contribution in [2.75, 3.05) is 18.4 Å². The Kier molecular flexibility index (Phi) is 7.09. The summed E-state index contributed by atoms with van der Waals surface area (Å²) in [6.07, 6.45) is 2.67. The molecule has 9 heteroatoms. The highest BCUT2D eigenvalue weighted by Crippen LogP contribution is 2.35. The molecule has 0 aliphatic carbocycles. The minimum Gasteiger partial charge on any atom is -0.419 e. The molecule has 0 bridgehead atoms. The van der Waals surface area contributed by atoms with Crippen molar-refractivity contribution >= 4 is 23.1 Å². The maximum Gasteiger partial charge on any atom is 0.266 e. The average Bonchev–Trinajstić information content (AvgIpc) is 3.65. The number of pyridine rings is 1. The molecule has 0 spiro atoms. The monoisotopic (exact) mass is 502 g/mol. The quantitative estimate of drug-likeness (QED) is 0.332. The van der Waals surface area contributed by atoms with Gasteiger partial charge in [-0.3, -0.25) is 4.79 Å². The molecule has 36 heavy (non-hydrogen) atoms. The molecule has 4 heterocycles. The van der Waals surface area contributed by atoms with E-state index in [4.69, 9.17) is 4.42 Å². The maximum absolute atomic E-state index is 13.7. The lowest BCUT2D eigenvalue weighted by Gasteiger charge is -2.23. The first kappa shape index (κ1) is 24.1. The van der Waals surface area contributed by atoms with Crippen molar-refractivity contribution in [1.82, 2.24) is 25.1 Å². The molecule has 1 fully saturated rings. The molecule has 2 atom stereocenters. The van der Waals surface area contributed by atoms with Gasteiger partial charge in [-0.2, -0.15) is 0 Å². The fourth-order valence-corrected chi connectivity index (χ4v) is 5.53. The van der Waals surface area contributed by atoms with Crippen molar-refractivity contribution in [3.05, 3.63) is 75.6 Å². The van der Waals surface area contributed by atoms with Crippen LogP contribution in [0.4, 0.5) is 5.82 Å². The minimum absolute atomic E-state index is 0.00393. The van der Waals surface area contributed by atoms with Crippen molar-refractivity contribution < 1.29 is 9.21 Å². The molecule has 1 aliphatic heterocycles. The highest BCUT2D eigenvalue weighted by atomic mass is 32.1. The Bertz CT molecular complexity index is 1340. The Morgan fingerprint density at radius 2 is 2.06 bits per heavy atom. The van der Waals surface area contributed by atoms with E-state index in [-0.39, 0.29) is 17.9 Å². The molecule has 186 valence electrons. The lowest BCUT2D eigenvalue weighted by Crippen LogP contribution is -2.30. The molecule has 2 unspecified atom stereocenters. The van der Waals surface area contributed by atoms with E-state index in [9.17, 15) is 4.79 Å². The lowest BCUT2D eigenvalue weighted by atomic mass is 10.0. The third-order valence-electron chi connectivity index (χ3n) is 6.33. The Balaban J connectivity index is 1.41. The van der Waals surface area contributed by atoms with Crippen molar-refractivity contribution in [3.63, 3.8) is 0 Å². The van der Waals surface area contributed by atoms with Gasteiger partial charge >= 0.3 is 0 Å². The van der Waals surface area contributed by atoms with Gasteiger partial charge in [-0.25, -0.2) is 9.97 Å². The van der Waals surface area contributed by atoms with E-state index in [2.05, 4.69) is 44.5 Å². The van der Waals surface area contributed by atoms with Gasteiger partial charge in [0, 0.05) is 35.6 Å². The van der Waals surface area contributed by atoms with Crippen LogP contribution in [0, 0.1) is 6.92 Å². The van der Waals surface area contributed by atoms with E-state index in [1.165, 1.54) is 5.56 Å². The number of benzene rings is 1. The average molecular weight is 503 g/mol. The van der Waals surface area contributed by atoms with E-state index in [0.717, 1.165) is 30.0 Å². The van der Waals surface area contributed by atoms with Gasteiger partial charge in [0.1, 0.15) is 16.5 Å². The number of thiazole rings is 1. The largest absolute Gasteiger partial charge is 0.419 e. The van der Waals surface area contributed by atoms with Crippen molar-refractivity contribution in [2.45, 2.75) is 52.0 Å². The second-order valence-electron chi connectivity index (χ2n) is 9.18. The Morgan fingerprint density at radius 1 is 1.22 bits per heavy atom. The van der Waals surface area contributed by atoms with Crippen LogP contribution in [-0.4, -0.2) is 44.1 Å². The number of nitrogens with zero attached hydrogens (tertiary/aromatic N) is 5. The van der Waals surface area contributed by atoms with Gasteiger partial charge < -0.3 is 14.6 Å². The maximum atomic E-state index is 13.7. The zero-order valence-electron chi connectivity index (χ0n) is 20.8. The predicted molar refractivity (Wildman–Crippen MR) is 140 cm³/mol. The van der Waals surface area contributed by atoms with Gasteiger partial charge in [0.05, 0.1) is 6.04 Å². The number of aromatic nitrogens is 4. The highest BCUT2D eigenvalue weighted by molar-refractivity contribution is 7.09. The number of hydrogen-bond donors (Lipinski definition) is 1. The van der Waals surface area contributed by atoms with Crippen LogP contribution in [0.15, 0.2) is 52.3 Å². The third-order valence-corrected chi connectivity index (χ3v) is 7.40. The zero-order chi connectivity index (χ0) is 25.1. The molecule has 1 N–H and O–H groups in total. The van der Waals surface area contributed by atoms with Gasteiger partial charge in [0.2, 0.25) is 5.89 Å². The second-order valence-corrected chi connectivity index (χ2v) is 10.1. The zero-order valence-corrected chi connectivity index (χ0v) is 21.6. The van der Waals surface area contributed by atoms with Crippen LogP contribution in [0.2, 0.25) is 0 Å². The van der Waals surface area contributed by atoms with Crippen LogP contribution in [-0.2, 0) is 6.42 Å². The molecule has 5 rings (SSSR count). The fourth-order valence-electron chi connectivity index (χ4n) is 4.59. The predicted octanol–water partition coefficient (Wildman–Crippen LogP) is 5.65. The number of carbonyl (C=O) groups is 1. The first-order valence-corrected chi connectivity index (χ1v) is 13.3. The smallest absolute Gasteiger partial charge is 0.266 e. The molecule has 1 saturated heterocycles. The second kappa shape index (κ2) is 10.6. The van der Waals surface area contributed by atoms with E-state index in [1.807, 2.05) is 42.3 Å². The standard InChI is InChI=1S/C27H30N6O2S/c1-4-28-23-15-20(27(34)33-12-8-11-22(33)26-29-18(3)16-36-26)14-21(30-23)25-32-31-24(35-25)17(2)13-19-9-6-5-7-10-19/h5-7,9-10,14-17,22H,4,8,11-13H2,1-3H3,(H,28,30). The summed E-state index contributed by atoms with van der Waals surface area (Å²) in [6, 6.07) is 13.8. The number of aryl methyl sites for hydroxylation is 1. The first-order chi connectivity index (χ1) is 17.5. The Labute approximate surface area is 214 Å². The Hall–Kier alpha value is -3.59. The summed E-state index contributed by atoms with van der Waals surface area (Å²) in [5, 5.41) is 14.8. The van der Waals surface area contributed by atoms with Crippen LogP contribution in [0.1, 0.15) is 71.2 Å². The summed E-state index contributed by atoms with van der Waals surface area (Å²) in [4.78, 5) is 24.9. The summed E-state index contributed by atoms with van der Waals surface area (Å²) in [7, 11) is 0. The van der Waals surface area contributed by atoms with Crippen LogP contribution in [0.5, 0.6) is 0 Å². The SMILES string of the molecule is CCNc1cc(C(=O)N2CCCC2c2nc(C)cs2)cc(-c2nnc(C(C)Cc3ccccc3)o2)n1. The van der Waals surface area contributed by atoms with Gasteiger partial charge in [-0.05, 0) is 50.8 Å². The molecule has 1 aromatic carbocycles. The summed E-state index contributed by atoms with van der Waals surface area (Å²) >= 11 is 1.62. The van der Waals surface area contributed by atoms with Crippen LogP contribution in [0.25, 0.3) is 11.6 Å². The minimum atomic E-state index is -0.0367. The first-order valence-electron chi connectivity index (χ1n) is 12.4. The van der Waals surface area contributed by atoms with Crippen molar-refractivity contribution in [2.24, 2.45) is 0 Å².